The molecule has 0 N–H and O–H groups in total. The van der Waals surface area contributed by atoms with E-state index in [0.29, 0.717) is 12.0 Å². The van der Waals surface area contributed by atoms with E-state index in [9.17, 15) is 0 Å². The Bertz CT molecular complexity index is 350. The predicted molar refractivity (Wildman–Crippen MR) is 74.0 cm³/mol. The maximum absolute atomic E-state index is 5.78. The Morgan fingerprint density at radius 3 is 2.71 bits per heavy atom. The first-order valence-corrected chi connectivity index (χ1v) is 7.03. The number of hydrogen-bond donors (Lipinski definition) is 0. The van der Waals surface area contributed by atoms with Crippen LogP contribution in [0.15, 0.2) is 28.7 Å². The highest BCUT2D eigenvalue weighted by Crippen LogP contribution is 2.17. The molecule has 0 aliphatic carbocycles. The second-order valence-electron chi connectivity index (χ2n) is 5.01. The van der Waals surface area contributed by atoms with Gasteiger partial charge in [-0.1, -0.05) is 41.9 Å². The number of benzene rings is 1. The lowest BCUT2D eigenvalue weighted by atomic mass is 10.1. The molecule has 1 saturated heterocycles. The SMILES string of the molecule is CC(C)C1CN(Cc2ccc(Br)cc2)CCO1. The molecule has 1 aliphatic heterocycles. The molecule has 17 heavy (non-hydrogen) atoms. The van der Waals surface area contributed by atoms with E-state index in [1.165, 1.54) is 5.56 Å². The van der Waals surface area contributed by atoms with Gasteiger partial charge < -0.3 is 4.74 Å². The van der Waals surface area contributed by atoms with Crippen molar-refractivity contribution >= 4 is 15.9 Å². The van der Waals surface area contributed by atoms with E-state index in [-0.39, 0.29) is 0 Å². The number of halogens is 1. The fraction of sp³-hybridized carbons (Fsp3) is 0.571. The van der Waals surface area contributed by atoms with E-state index in [4.69, 9.17) is 4.74 Å². The van der Waals surface area contributed by atoms with E-state index < -0.39 is 0 Å². The lowest BCUT2D eigenvalue weighted by molar-refractivity contribution is -0.0529. The highest BCUT2D eigenvalue weighted by atomic mass is 79.9. The molecule has 1 heterocycles. The van der Waals surface area contributed by atoms with Crippen molar-refractivity contribution in [2.24, 2.45) is 5.92 Å². The van der Waals surface area contributed by atoms with Crippen LogP contribution in [0.2, 0.25) is 0 Å². The third-order valence-corrected chi connectivity index (χ3v) is 3.77. The van der Waals surface area contributed by atoms with Crippen LogP contribution < -0.4 is 0 Å². The molecule has 1 aliphatic rings. The number of nitrogens with zero attached hydrogens (tertiary/aromatic N) is 1. The van der Waals surface area contributed by atoms with Crippen molar-refractivity contribution in [2.45, 2.75) is 26.5 Å². The van der Waals surface area contributed by atoms with E-state index in [1.54, 1.807) is 0 Å². The van der Waals surface area contributed by atoms with Crippen LogP contribution in [0.5, 0.6) is 0 Å². The number of morpholine rings is 1. The summed E-state index contributed by atoms with van der Waals surface area (Å²) in [5, 5.41) is 0. The minimum absolute atomic E-state index is 0.388. The molecule has 0 bridgehead atoms. The largest absolute Gasteiger partial charge is 0.375 e. The highest BCUT2D eigenvalue weighted by Gasteiger charge is 2.22. The van der Waals surface area contributed by atoms with Gasteiger partial charge in [0.25, 0.3) is 0 Å². The van der Waals surface area contributed by atoms with Gasteiger partial charge in [0.2, 0.25) is 0 Å². The van der Waals surface area contributed by atoms with Crippen LogP contribution in [-0.4, -0.2) is 30.7 Å². The molecule has 0 aromatic heterocycles. The van der Waals surface area contributed by atoms with Crippen LogP contribution >= 0.6 is 15.9 Å². The molecule has 2 nitrogen and oxygen atoms in total. The van der Waals surface area contributed by atoms with Crippen LogP contribution in [0.25, 0.3) is 0 Å². The van der Waals surface area contributed by atoms with E-state index in [2.05, 4.69) is 58.9 Å². The van der Waals surface area contributed by atoms with Gasteiger partial charge in [-0.2, -0.15) is 0 Å². The summed E-state index contributed by atoms with van der Waals surface area (Å²) in [6.45, 7) is 8.44. The van der Waals surface area contributed by atoms with Gasteiger partial charge in [-0.3, -0.25) is 4.90 Å². The second-order valence-corrected chi connectivity index (χ2v) is 5.93. The van der Waals surface area contributed by atoms with Crippen molar-refractivity contribution in [3.8, 4) is 0 Å². The zero-order chi connectivity index (χ0) is 12.3. The van der Waals surface area contributed by atoms with E-state index in [0.717, 1.165) is 30.7 Å². The number of ether oxygens (including phenoxy) is 1. The Morgan fingerprint density at radius 2 is 2.06 bits per heavy atom. The lowest BCUT2D eigenvalue weighted by Gasteiger charge is -2.34. The Kier molecular flexibility index (Phi) is 4.60. The van der Waals surface area contributed by atoms with Crippen LogP contribution in [0.3, 0.4) is 0 Å². The molecular formula is C14H20BrNO. The van der Waals surface area contributed by atoms with Crippen molar-refractivity contribution in [1.82, 2.24) is 4.90 Å². The van der Waals surface area contributed by atoms with Crippen LogP contribution in [0, 0.1) is 5.92 Å². The summed E-state index contributed by atoms with van der Waals surface area (Å²) in [5.74, 6) is 0.600. The maximum atomic E-state index is 5.78. The Labute approximate surface area is 112 Å². The highest BCUT2D eigenvalue weighted by molar-refractivity contribution is 9.10. The summed E-state index contributed by atoms with van der Waals surface area (Å²) in [6.07, 6.45) is 0.388. The zero-order valence-corrected chi connectivity index (χ0v) is 12.1. The van der Waals surface area contributed by atoms with Gasteiger partial charge in [0.05, 0.1) is 12.7 Å². The predicted octanol–water partition coefficient (Wildman–Crippen LogP) is 3.31. The zero-order valence-electron chi connectivity index (χ0n) is 10.5. The van der Waals surface area contributed by atoms with Gasteiger partial charge in [-0.15, -0.1) is 0 Å². The molecule has 0 radical (unpaired) electrons. The summed E-state index contributed by atoms with van der Waals surface area (Å²) in [5.41, 5.74) is 1.37. The molecule has 1 atom stereocenters. The second kappa shape index (κ2) is 5.98. The summed E-state index contributed by atoms with van der Waals surface area (Å²) in [7, 11) is 0. The molecule has 1 unspecified atom stereocenters. The van der Waals surface area contributed by atoms with Crippen molar-refractivity contribution in [2.75, 3.05) is 19.7 Å². The first kappa shape index (κ1) is 13.1. The molecule has 0 amide bonds. The standard InChI is InChI=1S/C14H20BrNO/c1-11(2)14-10-16(7-8-17-14)9-12-3-5-13(15)6-4-12/h3-6,11,14H,7-10H2,1-2H3. The number of rotatable bonds is 3. The average molecular weight is 298 g/mol. The molecule has 94 valence electrons. The van der Waals surface area contributed by atoms with Crippen LogP contribution in [-0.2, 0) is 11.3 Å². The number of hydrogen-bond acceptors (Lipinski definition) is 2. The molecule has 1 aromatic rings. The molecule has 2 rings (SSSR count). The summed E-state index contributed by atoms with van der Waals surface area (Å²) < 4.78 is 6.92. The minimum Gasteiger partial charge on any atom is -0.375 e. The monoisotopic (exact) mass is 297 g/mol. The lowest BCUT2D eigenvalue weighted by Crippen LogP contribution is -2.44. The van der Waals surface area contributed by atoms with Crippen molar-refractivity contribution < 1.29 is 4.74 Å². The molecular weight excluding hydrogens is 278 g/mol. The minimum atomic E-state index is 0.388. The Balaban J connectivity index is 1.92. The summed E-state index contributed by atoms with van der Waals surface area (Å²) >= 11 is 3.47. The Morgan fingerprint density at radius 1 is 1.35 bits per heavy atom. The average Bonchev–Trinajstić information content (AvgIpc) is 2.32. The maximum Gasteiger partial charge on any atom is 0.0725 e. The smallest absolute Gasteiger partial charge is 0.0725 e. The fourth-order valence-corrected chi connectivity index (χ4v) is 2.39. The molecule has 1 fully saturated rings. The van der Waals surface area contributed by atoms with Gasteiger partial charge in [0.1, 0.15) is 0 Å². The van der Waals surface area contributed by atoms with Crippen LogP contribution in [0.4, 0.5) is 0 Å². The normalized spacial score (nSPS) is 22.0. The fourth-order valence-electron chi connectivity index (χ4n) is 2.13. The third-order valence-electron chi connectivity index (χ3n) is 3.24. The third kappa shape index (κ3) is 3.80. The Hall–Kier alpha value is -0.380. The topological polar surface area (TPSA) is 12.5 Å². The molecule has 0 saturated carbocycles. The summed E-state index contributed by atoms with van der Waals surface area (Å²) in [6, 6.07) is 8.58. The van der Waals surface area contributed by atoms with Crippen molar-refractivity contribution in [3.05, 3.63) is 34.3 Å². The van der Waals surface area contributed by atoms with E-state index in [1.807, 2.05) is 0 Å². The van der Waals surface area contributed by atoms with Gasteiger partial charge in [-0.25, -0.2) is 0 Å². The quantitative estimate of drug-likeness (QED) is 0.849. The van der Waals surface area contributed by atoms with Gasteiger partial charge >= 0.3 is 0 Å². The first-order valence-electron chi connectivity index (χ1n) is 6.23. The van der Waals surface area contributed by atoms with Crippen molar-refractivity contribution in [3.63, 3.8) is 0 Å². The molecule has 0 spiro atoms. The van der Waals surface area contributed by atoms with Gasteiger partial charge in [0.15, 0.2) is 0 Å². The van der Waals surface area contributed by atoms with Gasteiger partial charge in [-0.05, 0) is 23.6 Å². The van der Waals surface area contributed by atoms with Gasteiger partial charge in [0, 0.05) is 24.1 Å². The summed E-state index contributed by atoms with van der Waals surface area (Å²) in [4.78, 5) is 2.48. The van der Waals surface area contributed by atoms with Crippen LogP contribution in [0.1, 0.15) is 19.4 Å². The molecule has 1 aromatic carbocycles. The first-order chi connectivity index (χ1) is 8.15. The van der Waals surface area contributed by atoms with E-state index >= 15 is 0 Å². The van der Waals surface area contributed by atoms with Crippen molar-refractivity contribution in [1.29, 1.82) is 0 Å². The molecule has 3 heteroatoms.